The second-order valence-corrected chi connectivity index (χ2v) is 4.28. The van der Waals surface area contributed by atoms with Gasteiger partial charge >= 0.3 is 0 Å². The van der Waals surface area contributed by atoms with E-state index in [1.807, 2.05) is 19.2 Å². The fraction of sp³-hybridized carbons (Fsp3) is 0.636. The van der Waals surface area contributed by atoms with Gasteiger partial charge in [-0.15, -0.1) is 0 Å². The Kier molecular flexibility index (Phi) is 2.16. The molecule has 0 spiro atoms. The molecule has 1 fully saturated rings. The Labute approximate surface area is 79.0 Å². The molecule has 0 amide bonds. The van der Waals surface area contributed by atoms with Crippen molar-refractivity contribution in [2.75, 3.05) is 0 Å². The van der Waals surface area contributed by atoms with E-state index in [0.717, 1.165) is 19.3 Å². The molecule has 1 aromatic rings. The van der Waals surface area contributed by atoms with Crippen molar-refractivity contribution in [2.24, 2.45) is 0 Å². The summed E-state index contributed by atoms with van der Waals surface area (Å²) in [6, 6.07) is 4.07. The van der Waals surface area contributed by atoms with Gasteiger partial charge in [-0.2, -0.15) is 0 Å². The molecular weight excluding hydrogens is 162 g/mol. The summed E-state index contributed by atoms with van der Waals surface area (Å²) in [5.41, 5.74) is 0.674. The summed E-state index contributed by atoms with van der Waals surface area (Å²) in [6.07, 6.45) is 6.36. The molecule has 1 heterocycles. The zero-order valence-electron chi connectivity index (χ0n) is 8.09. The summed E-state index contributed by atoms with van der Waals surface area (Å²) >= 11 is 0. The van der Waals surface area contributed by atoms with Gasteiger partial charge in [-0.3, -0.25) is 0 Å². The maximum Gasteiger partial charge on any atom is 0.0702 e. The van der Waals surface area contributed by atoms with E-state index in [1.165, 1.54) is 12.1 Å². The lowest BCUT2D eigenvalue weighted by Crippen LogP contribution is -2.35. The number of aromatic amines is 1. The number of H-pyrrole nitrogens is 1. The zero-order chi connectivity index (χ0) is 9.31. The molecule has 2 N–H and O–H groups in total. The van der Waals surface area contributed by atoms with Crippen molar-refractivity contribution in [1.82, 2.24) is 4.98 Å². The van der Waals surface area contributed by atoms with Crippen LogP contribution in [-0.4, -0.2) is 15.7 Å². The van der Waals surface area contributed by atoms with Crippen molar-refractivity contribution in [3.8, 4) is 0 Å². The van der Waals surface area contributed by atoms with E-state index in [9.17, 15) is 5.11 Å². The number of hydrogen-bond acceptors (Lipinski definition) is 1. The van der Waals surface area contributed by atoms with Gasteiger partial charge < -0.3 is 10.1 Å². The first kappa shape index (κ1) is 8.82. The molecular formula is C11H17NO. The lowest BCUT2D eigenvalue weighted by Gasteiger charge is -2.36. The van der Waals surface area contributed by atoms with Gasteiger partial charge in [-0.05, 0) is 31.9 Å². The monoisotopic (exact) mass is 179 g/mol. The van der Waals surface area contributed by atoms with Gasteiger partial charge in [0.2, 0.25) is 0 Å². The molecule has 2 rings (SSSR count). The number of hydrogen-bond donors (Lipinski definition) is 2. The Balaban J connectivity index is 2.21. The third-order valence-electron chi connectivity index (χ3n) is 3.17. The van der Waals surface area contributed by atoms with Crippen LogP contribution in [0.4, 0.5) is 0 Å². The second-order valence-electron chi connectivity index (χ2n) is 4.28. The van der Waals surface area contributed by atoms with E-state index < -0.39 is 5.60 Å². The van der Waals surface area contributed by atoms with Crippen LogP contribution in [-0.2, 0) is 0 Å². The van der Waals surface area contributed by atoms with Gasteiger partial charge in [-0.25, -0.2) is 0 Å². The van der Waals surface area contributed by atoms with Crippen LogP contribution >= 0.6 is 0 Å². The highest BCUT2D eigenvalue weighted by Gasteiger charge is 2.35. The molecule has 1 aliphatic carbocycles. The van der Waals surface area contributed by atoms with Crippen molar-refractivity contribution in [3.05, 3.63) is 24.0 Å². The van der Waals surface area contributed by atoms with E-state index in [2.05, 4.69) is 11.1 Å². The van der Waals surface area contributed by atoms with Crippen LogP contribution in [0.1, 0.15) is 44.2 Å². The third kappa shape index (κ3) is 1.63. The van der Waals surface area contributed by atoms with E-state index in [-0.39, 0.29) is 0 Å². The first-order valence-corrected chi connectivity index (χ1v) is 5.06. The normalized spacial score (nSPS) is 34.8. The molecule has 2 atom stereocenters. The Hall–Kier alpha value is -0.760. The van der Waals surface area contributed by atoms with Gasteiger partial charge in [0.25, 0.3) is 0 Å². The third-order valence-corrected chi connectivity index (χ3v) is 3.17. The van der Waals surface area contributed by atoms with Crippen LogP contribution in [0.5, 0.6) is 0 Å². The molecule has 1 aromatic heterocycles. The second kappa shape index (κ2) is 3.18. The lowest BCUT2D eigenvalue weighted by molar-refractivity contribution is -0.000504. The van der Waals surface area contributed by atoms with Gasteiger partial charge in [0.1, 0.15) is 0 Å². The smallest absolute Gasteiger partial charge is 0.0702 e. The van der Waals surface area contributed by atoms with Crippen LogP contribution in [0.25, 0.3) is 0 Å². The predicted octanol–water partition coefficient (Wildman–Crippen LogP) is 2.42. The number of aromatic nitrogens is 1. The van der Waals surface area contributed by atoms with Crippen molar-refractivity contribution in [2.45, 2.75) is 44.1 Å². The molecule has 0 aliphatic heterocycles. The van der Waals surface area contributed by atoms with E-state index in [4.69, 9.17) is 0 Å². The molecule has 1 saturated carbocycles. The molecule has 0 unspecified atom stereocenters. The standard InChI is InChI=1S/C11H17NO/c1-11(13)7-3-2-5-9(11)10-6-4-8-12-10/h4,6,8-9,12-13H,2-3,5,7H2,1H3/t9-,11+/m0/s1. The summed E-state index contributed by atoms with van der Waals surface area (Å²) in [6.45, 7) is 1.96. The van der Waals surface area contributed by atoms with E-state index in [1.54, 1.807) is 0 Å². The summed E-state index contributed by atoms with van der Waals surface area (Å²) in [5, 5.41) is 10.2. The molecule has 0 radical (unpaired) electrons. The van der Waals surface area contributed by atoms with Crippen molar-refractivity contribution in [3.63, 3.8) is 0 Å². The number of aliphatic hydroxyl groups is 1. The molecule has 72 valence electrons. The van der Waals surface area contributed by atoms with Crippen LogP contribution in [0.3, 0.4) is 0 Å². The Bertz CT molecular complexity index is 264. The SMILES string of the molecule is C[C@@]1(O)CCCC[C@H]1c1ccc[nH]1. The fourth-order valence-corrected chi connectivity index (χ4v) is 2.37. The zero-order valence-corrected chi connectivity index (χ0v) is 8.09. The minimum absolute atomic E-state index is 0.302. The highest BCUT2D eigenvalue weighted by molar-refractivity contribution is 5.15. The lowest BCUT2D eigenvalue weighted by atomic mass is 9.75. The van der Waals surface area contributed by atoms with Gasteiger partial charge in [0, 0.05) is 17.8 Å². The quantitative estimate of drug-likeness (QED) is 0.682. The molecule has 1 aliphatic rings. The first-order valence-electron chi connectivity index (χ1n) is 5.06. The molecule has 0 saturated heterocycles. The summed E-state index contributed by atoms with van der Waals surface area (Å²) in [5.74, 6) is 0.302. The van der Waals surface area contributed by atoms with Crippen molar-refractivity contribution >= 4 is 0 Å². The minimum Gasteiger partial charge on any atom is -0.389 e. The molecule has 13 heavy (non-hydrogen) atoms. The maximum absolute atomic E-state index is 10.2. The summed E-state index contributed by atoms with van der Waals surface area (Å²) < 4.78 is 0. The van der Waals surface area contributed by atoms with E-state index >= 15 is 0 Å². The summed E-state index contributed by atoms with van der Waals surface area (Å²) in [4.78, 5) is 3.20. The fourth-order valence-electron chi connectivity index (χ4n) is 2.37. The van der Waals surface area contributed by atoms with Gasteiger partial charge in [0.05, 0.1) is 5.60 Å². The topological polar surface area (TPSA) is 36.0 Å². The van der Waals surface area contributed by atoms with Gasteiger partial charge in [-0.1, -0.05) is 12.8 Å². The average molecular weight is 179 g/mol. The Morgan fingerprint density at radius 3 is 3.00 bits per heavy atom. The first-order chi connectivity index (χ1) is 6.20. The minimum atomic E-state index is -0.511. The average Bonchev–Trinajstić information content (AvgIpc) is 2.55. The van der Waals surface area contributed by atoms with E-state index in [0.29, 0.717) is 5.92 Å². The molecule has 2 nitrogen and oxygen atoms in total. The summed E-state index contributed by atoms with van der Waals surface area (Å²) in [7, 11) is 0. The molecule has 0 bridgehead atoms. The molecule has 0 aromatic carbocycles. The van der Waals surface area contributed by atoms with Crippen LogP contribution < -0.4 is 0 Å². The Morgan fingerprint density at radius 1 is 1.54 bits per heavy atom. The van der Waals surface area contributed by atoms with Crippen molar-refractivity contribution < 1.29 is 5.11 Å². The Morgan fingerprint density at radius 2 is 2.38 bits per heavy atom. The van der Waals surface area contributed by atoms with Gasteiger partial charge in [0.15, 0.2) is 0 Å². The van der Waals surface area contributed by atoms with Crippen LogP contribution in [0.2, 0.25) is 0 Å². The van der Waals surface area contributed by atoms with Crippen molar-refractivity contribution in [1.29, 1.82) is 0 Å². The largest absolute Gasteiger partial charge is 0.389 e. The van der Waals surface area contributed by atoms with Crippen LogP contribution in [0.15, 0.2) is 18.3 Å². The number of nitrogens with one attached hydrogen (secondary N) is 1. The maximum atomic E-state index is 10.2. The number of rotatable bonds is 1. The highest BCUT2D eigenvalue weighted by Crippen LogP contribution is 2.39. The molecule has 2 heteroatoms. The highest BCUT2D eigenvalue weighted by atomic mass is 16.3. The predicted molar refractivity (Wildman–Crippen MR) is 52.6 cm³/mol. The van der Waals surface area contributed by atoms with Crippen LogP contribution in [0, 0.1) is 0 Å².